The third-order valence-electron chi connectivity index (χ3n) is 3.75. The van der Waals surface area contributed by atoms with Gasteiger partial charge in [-0.3, -0.25) is 9.20 Å². The molecule has 2 aromatic heterocycles. The molecule has 0 aliphatic rings. The zero-order valence-corrected chi connectivity index (χ0v) is 14.4. The van der Waals surface area contributed by atoms with Gasteiger partial charge in [-0.25, -0.2) is 9.78 Å². The average molecular weight is 355 g/mol. The van der Waals surface area contributed by atoms with Gasteiger partial charge in [0.25, 0.3) is 5.56 Å². The van der Waals surface area contributed by atoms with Crippen LogP contribution in [-0.4, -0.2) is 22.5 Å². The Labute approximate surface area is 149 Å². The maximum absolute atomic E-state index is 12.3. The van der Waals surface area contributed by atoms with E-state index in [1.807, 2.05) is 19.1 Å². The molecule has 0 aliphatic heterocycles. The Bertz CT molecular complexity index is 1040. The number of methoxy groups -OCH3 is 1. The maximum Gasteiger partial charge on any atom is 0.337 e. The first-order valence-electron chi connectivity index (χ1n) is 7.55. The van der Waals surface area contributed by atoms with E-state index in [9.17, 15) is 9.59 Å². The summed E-state index contributed by atoms with van der Waals surface area (Å²) in [7, 11) is 1.33. The predicted octanol–water partition coefficient (Wildman–Crippen LogP) is 3.53. The molecule has 0 saturated carbocycles. The molecule has 6 heteroatoms. The summed E-state index contributed by atoms with van der Waals surface area (Å²) in [6, 6.07) is 13.6. The van der Waals surface area contributed by atoms with Crippen LogP contribution >= 0.6 is 11.6 Å². The fraction of sp³-hybridized carbons (Fsp3) is 0.105. The number of aryl methyl sites for hydroxylation is 1. The molecule has 3 rings (SSSR count). The number of carbonyl (C=O) groups is 1. The second-order valence-corrected chi connectivity index (χ2v) is 5.85. The van der Waals surface area contributed by atoms with E-state index in [0.29, 0.717) is 21.9 Å². The van der Waals surface area contributed by atoms with Crippen molar-refractivity contribution in [2.24, 2.45) is 0 Å². The molecule has 0 unspecified atom stereocenters. The second-order valence-electron chi connectivity index (χ2n) is 5.45. The lowest BCUT2D eigenvalue weighted by Gasteiger charge is -2.06. The quantitative estimate of drug-likeness (QED) is 0.675. The first kappa shape index (κ1) is 16.9. The molecule has 25 heavy (non-hydrogen) atoms. The van der Waals surface area contributed by atoms with Crippen molar-refractivity contribution in [1.82, 2.24) is 9.38 Å². The van der Waals surface area contributed by atoms with Gasteiger partial charge in [0, 0.05) is 11.8 Å². The van der Waals surface area contributed by atoms with Gasteiger partial charge in [-0.05, 0) is 42.8 Å². The van der Waals surface area contributed by atoms with E-state index in [-0.39, 0.29) is 5.56 Å². The Balaban J connectivity index is 1.99. The Morgan fingerprint density at radius 1 is 1.20 bits per heavy atom. The Kier molecular flexibility index (Phi) is 4.67. The van der Waals surface area contributed by atoms with Gasteiger partial charge in [-0.2, -0.15) is 0 Å². The molecule has 0 amide bonds. The number of pyridine rings is 1. The van der Waals surface area contributed by atoms with Crippen molar-refractivity contribution in [3.63, 3.8) is 0 Å². The zero-order chi connectivity index (χ0) is 18.0. The van der Waals surface area contributed by atoms with Crippen LogP contribution in [0.5, 0.6) is 0 Å². The lowest BCUT2D eigenvalue weighted by atomic mass is 10.1. The van der Waals surface area contributed by atoms with E-state index in [1.165, 1.54) is 17.6 Å². The zero-order valence-electron chi connectivity index (χ0n) is 13.7. The van der Waals surface area contributed by atoms with Gasteiger partial charge >= 0.3 is 5.97 Å². The van der Waals surface area contributed by atoms with E-state index in [0.717, 1.165) is 11.3 Å². The molecular weight excluding hydrogens is 340 g/mol. The summed E-state index contributed by atoms with van der Waals surface area (Å²) < 4.78 is 6.19. The number of hydrogen-bond donors (Lipinski definition) is 0. The highest BCUT2D eigenvalue weighted by molar-refractivity contribution is 6.51. The van der Waals surface area contributed by atoms with Crippen molar-refractivity contribution in [1.29, 1.82) is 0 Å². The molecule has 126 valence electrons. The van der Waals surface area contributed by atoms with Crippen LogP contribution in [0, 0.1) is 6.92 Å². The highest BCUT2D eigenvalue weighted by Gasteiger charge is 2.08. The van der Waals surface area contributed by atoms with Crippen molar-refractivity contribution in [3.05, 3.63) is 81.4 Å². The van der Waals surface area contributed by atoms with Gasteiger partial charge in [0.15, 0.2) is 0 Å². The molecule has 0 bridgehead atoms. The molecule has 0 atom stereocenters. The molecule has 0 aliphatic carbocycles. The lowest BCUT2D eigenvalue weighted by molar-refractivity contribution is 0.0600. The number of halogens is 1. The second kappa shape index (κ2) is 6.91. The van der Waals surface area contributed by atoms with Crippen molar-refractivity contribution < 1.29 is 9.53 Å². The number of hydrogen-bond acceptors (Lipinski definition) is 4. The highest BCUT2D eigenvalue weighted by atomic mass is 35.5. The number of benzene rings is 1. The molecule has 0 fully saturated rings. The normalized spacial score (nSPS) is 11.6. The Morgan fingerprint density at radius 3 is 2.60 bits per heavy atom. The average Bonchev–Trinajstić information content (AvgIpc) is 2.61. The molecule has 0 radical (unpaired) electrons. The van der Waals surface area contributed by atoms with E-state index >= 15 is 0 Å². The van der Waals surface area contributed by atoms with Gasteiger partial charge in [-0.1, -0.05) is 29.8 Å². The third kappa shape index (κ3) is 3.46. The van der Waals surface area contributed by atoms with Crippen molar-refractivity contribution in [2.45, 2.75) is 6.92 Å². The number of rotatable bonds is 3. The minimum absolute atomic E-state index is 0.189. The van der Waals surface area contributed by atoms with Crippen molar-refractivity contribution in [3.8, 4) is 0 Å². The topological polar surface area (TPSA) is 60.7 Å². The summed E-state index contributed by atoms with van der Waals surface area (Å²) >= 11 is 6.34. The standard InChI is InChI=1S/C19H15ClN2O3/c1-12-4-3-5-17-21-16(11-18(23)22(12)17)15(20)10-13-6-8-14(9-7-13)19(24)25-2/h3-11H,1-2H3/b15-10-. The number of esters is 1. The first-order chi connectivity index (χ1) is 12.0. The van der Waals surface area contributed by atoms with Crippen LogP contribution in [0.3, 0.4) is 0 Å². The monoisotopic (exact) mass is 354 g/mol. The molecular formula is C19H15ClN2O3. The minimum Gasteiger partial charge on any atom is -0.465 e. The fourth-order valence-electron chi connectivity index (χ4n) is 2.49. The van der Waals surface area contributed by atoms with Crippen LogP contribution in [0.4, 0.5) is 0 Å². The number of ether oxygens (including phenoxy) is 1. The van der Waals surface area contributed by atoms with Gasteiger partial charge < -0.3 is 4.74 Å². The number of fused-ring (bicyclic) bond motifs is 1. The van der Waals surface area contributed by atoms with Crippen LogP contribution in [0.1, 0.15) is 27.3 Å². The molecule has 0 saturated heterocycles. The van der Waals surface area contributed by atoms with E-state index < -0.39 is 5.97 Å². The van der Waals surface area contributed by atoms with Crippen LogP contribution in [0.25, 0.3) is 16.8 Å². The predicted molar refractivity (Wildman–Crippen MR) is 97.7 cm³/mol. The maximum atomic E-state index is 12.3. The molecule has 2 heterocycles. The number of nitrogens with zero attached hydrogens (tertiary/aromatic N) is 2. The van der Waals surface area contributed by atoms with Gasteiger partial charge in [0.05, 0.1) is 23.4 Å². The molecule has 5 nitrogen and oxygen atoms in total. The van der Waals surface area contributed by atoms with Crippen LogP contribution in [0.2, 0.25) is 0 Å². The molecule has 3 aromatic rings. The van der Waals surface area contributed by atoms with Gasteiger partial charge in [-0.15, -0.1) is 0 Å². The number of carbonyl (C=O) groups excluding carboxylic acids is 1. The molecule has 0 N–H and O–H groups in total. The number of aromatic nitrogens is 2. The minimum atomic E-state index is -0.402. The highest BCUT2D eigenvalue weighted by Crippen LogP contribution is 2.20. The van der Waals surface area contributed by atoms with E-state index in [4.69, 9.17) is 11.6 Å². The summed E-state index contributed by atoms with van der Waals surface area (Å²) in [6.45, 7) is 1.84. The summed E-state index contributed by atoms with van der Waals surface area (Å²) in [6.07, 6.45) is 1.69. The summed E-state index contributed by atoms with van der Waals surface area (Å²) in [4.78, 5) is 28.2. The summed E-state index contributed by atoms with van der Waals surface area (Å²) in [5, 5.41) is 0.340. The van der Waals surface area contributed by atoms with Crippen LogP contribution in [0.15, 0.2) is 53.3 Å². The summed E-state index contributed by atoms with van der Waals surface area (Å²) in [5.74, 6) is -0.402. The third-order valence-corrected chi connectivity index (χ3v) is 4.05. The van der Waals surface area contributed by atoms with Crippen LogP contribution in [-0.2, 0) is 4.74 Å². The Morgan fingerprint density at radius 2 is 1.92 bits per heavy atom. The van der Waals surface area contributed by atoms with Crippen molar-refractivity contribution >= 4 is 34.3 Å². The summed E-state index contributed by atoms with van der Waals surface area (Å²) in [5.41, 5.74) is 2.78. The fourth-order valence-corrected chi connectivity index (χ4v) is 2.71. The van der Waals surface area contributed by atoms with E-state index in [1.54, 1.807) is 36.4 Å². The van der Waals surface area contributed by atoms with Gasteiger partial charge in [0.1, 0.15) is 5.65 Å². The molecule has 0 spiro atoms. The largest absolute Gasteiger partial charge is 0.465 e. The van der Waals surface area contributed by atoms with E-state index in [2.05, 4.69) is 9.72 Å². The Hall–Kier alpha value is -2.92. The van der Waals surface area contributed by atoms with Crippen molar-refractivity contribution in [2.75, 3.05) is 7.11 Å². The first-order valence-corrected chi connectivity index (χ1v) is 7.93. The molecule has 1 aromatic carbocycles. The van der Waals surface area contributed by atoms with Crippen LogP contribution < -0.4 is 5.56 Å². The SMILES string of the molecule is COC(=O)c1ccc(/C=C(\Cl)c2cc(=O)n3c(C)cccc3n2)cc1. The smallest absolute Gasteiger partial charge is 0.337 e. The van der Waals surface area contributed by atoms with Gasteiger partial charge in [0.2, 0.25) is 0 Å². The lowest BCUT2D eigenvalue weighted by Crippen LogP contribution is -2.16.